The Balaban J connectivity index is 2.32. The van der Waals surface area contributed by atoms with Gasteiger partial charge in [-0.2, -0.15) is 18.4 Å². The van der Waals surface area contributed by atoms with Crippen molar-refractivity contribution < 1.29 is 13.2 Å². The predicted octanol–water partition coefficient (Wildman–Crippen LogP) is 3.94. The lowest BCUT2D eigenvalue weighted by atomic mass is 10.1. The van der Waals surface area contributed by atoms with E-state index < -0.39 is 11.9 Å². The number of nitriles is 1. The molecule has 0 unspecified atom stereocenters. The Labute approximate surface area is 127 Å². The summed E-state index contributed by atoms with van der Waals surface area (Å²) in [5.41, 5.74) is -0.698. The van der Waals surface area contributed by atoms with Gasteiger partial charge in [0.2, 0.25) is 0 Å². The zero-order chi connectivity index (χ0) is 15.9. The van der Waals surface area contributed by atoms with Crippen LogP contribution in [-0.2, 0) is 6.18 Å². The molecule has 4 nitrogen and oxygen atoms in total. The Bertz CT molecular complexity index is 891. The van der Waals surface area contributed by atoms with E-state index in [-0.39, 0.29) is 17.0 Å². The molecule has 0 aliphatic carbocycles. The second-order valence-corrected chi connectivity index (χ2v) is 4.87. The summed E-state index contributed by atoms with van der Waals surface area (Å²) in [6.45, 7) is 0. The number of aromatic nitrogens is 3. The third-order valence-corrected chi connectivity index (χ3v) is 3.29. The molecular weight excluding hydrogens is 317 g/mol. The average molecular weight is 323 g/mol. The number of imidazole rings is 1. The first-order valence-electron chi connectivity index (χ1n) is 6.01. The van der Waals surface area contributed by atoms with Gasteiger partial charge in [-0.15, -0.1) is 0 Å². The van der Waals surface area contributed by atoms with Crippen molar-refractivity contribution in [2.45, 2.75) is 6.18 Å². The third-order valence-electron chi connectivity index (χ3n) is 3.04. The van der Waals surface area contributed by atoms with Crippen LogP contribution in [0.2, 0.25) is 5.02 Å². The Morgan fingerprint density at radius 2 is 1.86 bits per heavy atom. The maximum absolute atomic E-state index is 13.2. The monoisotopic (exact) mass is 322 g/mol. The summed E-state index contributed by atoms with van der Waals surface area (Å²) in [5, 5.41) is 9.41. The SMILES string of the molecule is N#Cc1ncn2c(C(F)(F)F)cc(-c3ccc(Cl)cc3)nc12. The van der Waals surface area contributed by atoms with Gasteiger partial charge in [-0.1, -0.05) is 23.7 Å². The molecule has 22 heavy (non-hydrogen) atoms. The van der Waals surface area contributed by atoms with Gasteiger partial charge < -0.3 is 0 Å². The number of alkyl halides is 3. The molecule has 0 saturated heterocycles. The Hall–Kier alpha value is -2.59. The van der Waals surface area contributed by atoms with Crippen molar-refractivity contribution in [3.63, 3.8) is 0 Å². The van der Waals surface area contributed by atoms with E-state index in [0.29, 0.717) is 10.6 Å². The van der Waals surface area contributed by atoms with Crippen LogP contribution in [-0.4, -0.2) is 14.4 Å². The summed E-state index contributed by atoms with van der Waals surface area (Å²) >= 11 is 5.77. The Morgan fingerprint density at radius 3 is 2.45 bits per heavy atom. The summed E-state index contributed by atoms with van der Waals surface area (Å²) in [5.74, 6) is 0. The van der Waals surface area contributed by atoms with Crippen LogP contribution in [0.4, 0.5) is 13.2 Å². The third kappa shape index (κ3) is 2.38. The van der Waals surface area contributed by atoms with Gasteiger partial charge in [0, 0.05) is 10.6 Å². The molecule has 8 heteroatoms. The summed E-state index contributed by atoms with van der Waals surface area (Å²) in [6.07, 6.45) is -3.66. The van der Waals surface area contributed by atoms with Gasteiger partial charge >= 0.3 is 6.18 Å². The van der Waals surface area contributed by atoms with E-state index in [0.717, 1.165) is 16.8 Å². The summed E-state index contributed by atoms with van der Waals surface area (Å²) in [6, 6.07) is 8.87. The first kappa shape index (κ1) is 14.4. The highest BCUT2D eigenvalue weighted by molar-refractivity contribution is 6.30. The van der Waals surface area contributed by atoms with Crippen LogP contribution in [0.3, 0.4) is 0 Å². The van der Waals surface area contributed by atoms with E-state index in [9.17, 15) is 13.2 Å². The molecule has 2 heterocycles. The van der Waals surface area contributed by atoms with Crippen LogP contribution < -0.4 is 0 Å². The molecule has 0 aliphatic heterocycles. The first-order chi connectivity index (χ1) is 10.4. The van der Waals surface area contributed by atoms with Crippen molar-refractivity contribution in [2.24, 2.45) is 0 Å². The topological polar surface area (TPSA) is 54.0 Å². The fourth-order valence-corrected chi connectivity index (χ4v) is 2.16. The predicted molar refractivity (Wildman–Crippen MR) is 73.2 cm³/mol. The van der Waals surface area contributed by atoms with Crippen LogP contribution in [0, 0.1) is 11.3 Å². The van der Waals surface area contributed by atoms with E-state index in [1.165, 1.54) is 0 Å². The molecule has 0 fully saturated rings. The summed E-state index contributed by atoms with van der Waals surface area (Å²) in [7, 11) is 0. The molecule has 110 valence electrons. The molecule has 1 aromatic carbocycles. The van der Waals surface area contributed by atoms with Crippen molar-refractivity contribution in [1.82, 2.24) is 14.4 Å². The number of nitrogens with zero attached hydrogens (tertiary/aromatic N) is 4. The van der Waals surface area contributed by atoms with Crippen molar-refractivity contribution in [3.8, 4) is 17.3 Å². The molecule has 2 aromatic heterocycles. The number of hydrogen-bond acceptors (Lipinski definition) is 3. The van der Waals surface area contributed by atoms with Crippen molar-refractivity contribution in [3.05, 3.63) is 53.1 Å². The number of halogens is 4. The minimum atomic E-state index is -4.60. The highest BCUT2D eigenvalue weighted by atomic mass is 35.5. The fourth-order valence-electron chi connectivity index (χ4n) is 2.04. The number of benzene rings is 1. The molecule has 0 atom stereocenters. The second kappa shape index (κ2) is 5.00. The Morgan fingerprint density at radius 1 is 1.18 bits per heavy atom. The molecule has 0 bridgehead atoms. The van der Waals surface area contributed by atoms with Gasteiger partial charge in [-0.05, 0) is 18.2 Å². The van der Waals surface area contributed by atoms with Gasteiger partial charge in [0.05, 0.1) is 5.69 Å². The summed E-state index contributed by atoms with van der Waals surface area (Å²) in [4.78, 5) is 7.77. The molecule has 3 aromatic rings. The quantitative estimate of drug-likeness (QED) is 0.682. The lowest BCUT2D eigenvalue weighted by Gasteiger charge is -2.11. The average Bonchev–Trinajstić information content (AvgIpc) is 2.88. The largest absolute Gasteiger partial charge is 0.431 e. The molecule has 0 spiro atoms. The van der Waals surface area contributed by atoms with Gasteiger partial charge in [-0.25, -0.2) is 9.97 Å². The standard InChI is InChI=1S/C14H6ClF3N4/c15-9-3-1-8(2-4-9)10-5-12(14(16,17)18)22-7-20-11(6-19)13(22)21-10/h1-5,7H. The van der Waals surface area contributed by atoms with Gasteiger partial charge in [0.1, 0.15) is 18.1 Å². The van der Waals surface area contributed by atoms with Crippen LogP contribution in [0.1, 0.15) is 11.4 Å². The molecule has 0 radical (unpaired) electrons. The van der Waals surface area contributed by atoms with Crippen LogP contribution in [0.5, 0.6) is 0 Å². The van der Waals surface area contributed by atoms with Crippen molar-refractivity contribution in [1.29, 1.82) is 5.26 Å². The normalized spacial score (nSPS) is 11.6. The zero-order valence-electron chi connectivity index (χ0n) is 10.8. The Kier molecular flexibility index (Phi) is 3.26. The molecule has 0 aliphatic rings. The van der Waals surface area contributed by atoms with Crippen LogP contribution >= 0.6 is 11.6 Å². The van der Waals surface area contributed by atoms with E-state index in [2.05, 4.69) is 9.97 Å². The maximum Gasteiger partial charge on any atom is 0.431 e. The highest BCUT2D eigenvalue weighted by Gasteiger charge is 2.35. The smallest absolute Gasteiger partial charge is 0.278 e. The van der Waals surface area contributed by atoms with E-state index in [1.54, 1.807) is 30.3 Å². The lowest BCUT2D eigenvalue weighted by molar-refractivity contribution is -0.142. The second-order valence-electron chi connectivity index (χ2n) is 4.43. The van der Waals surface area contributed by atoms with E-state index in [4.69, 9.17) is 16.9 Å². The minimum absolute atomic E-state index is 0.0912. The molecule has 0 saturated carbocycles. The van der Waals surface area contributed by atoms with Crippen LogP contribution in [0.15, 0.2) is 36.7 Å². The van der Waals surface area contributed by atoms with E-state index >= 15 is 0 Å². The van der Waals surface area contributed by atoms with Gasteiger partial charge in [-0.3, -0.25) is 4.40 Å². The van der Waals surface area contributed by atoms with Crippen LogP contribution in [0.25, 0.3) is 16.9 Å². The molecular formula is C14H6ClF3N4. The maximum atomic E-state index is 13.2. The molecule has 3 rings (SSSR count). The van der Waals surface area contributed by atoms with Crippen molar-refractivity contribution in [2.75, 3.05) is 0 Å². The fraction of sp³-hybridized carbons (Fsp3) is 0.0714. The molecule has 0 N–H and O–H groups in total. The molecule has 0 amide bonds. The lowest BCUT2D eigenvalue weighted by Crippen LogP contribution is -2.12. The van der Waals surface area contributed by atoms with Gasteiger partial charge in [0.25, 0.3) is 0 Å². The zero-order valence-corrected chi connectivity index (χ0v) is 11.5. The first-order valence-corrected chi connectivity index (χ1v) is 6.39. The summed E-state index contributed by atoms with van der Waals surface area (Å²) < 4.78 is 40.4. The van der Waals surface area contributed by atoms with Crippen molar-refractivity contribution >= 4 is 17.2 Å². The van der Waals surface area contributed by atoms with E-state index in [1.807, 2.05) is 0 Å². The minimum Gasteiger partial charge on any atom is -0.278 e. The van der Waals surface area contributed by atoms with Gasteiger partial charge in [0.15, 0.2) is 11.3 Å². The highest BCUT2D eigenvalue weighted by Crippen LogP contribution is 2.33. The number of fused-ring (bicyclic) bond motifs is 1. The number of hydrogen-bond donors (Lipinski definition) is 0. The number of rotatable bonds is 1.